The Balaban J connectivity index is 1.98. The van der Waals surface area contributed by atoms with Crippen molar-refractivity contribution in [2.45, 2.75) is 45.3 Å². The first-order chi connectivity index (χ1) is 9.67. The Hall–Kier alpha value is -1.49. The van der Waals surface area contributed by atoms with Crippen molar-refractivity contribution < 1.29 is 14.3 Å². The van der Waals surface area contributed by atoms with Crippen molar-refractivity contribution in [2.75, 3.05) is 19.6 Å². The van der Waals surface area contributed by atoms with Crippen molar-refractivity contribution >= 4 is 6.03 Å². The van der Waals surface area contributed by atoms with Crippen LogP contribution in [0.25, 0.3) is 0 Å². The first-order valence-electron chi connectivity index (χ1n) is 7.44. The maximum Gasteiger partial charge on any atom is 0.320 e. The molecule has 1 aromatic heterocycles. The van der Waals surface area contributed by atoms with E-state index in [1.165, 1.54) is 0 Å². The van der Waals surface area contributed by atoms with Gasteiger partial charge < -0.3 is 19.3 Å². The van der Waals surface area contributed by atoms with Crippen LogP contribution in [-0.2, 0) is 0 Å². The average molecular weight is 280 g/mol. The smallest absolute Gasteiger partial charge is 0.320 e. The zero-order chi connectivity index (χ0) is 14.5. The van der Waals surface area contributed by atoms with Gasteiger partial charge in [0, 0.05) is 32.1 Å². The zero-order valence-electron chi connectivity index (χ0n) is 12.3. The van der Waals surface area contributed by atoms with E-state index in [9.17, 15) is 9.90 Å². The Kier molecular flexibility index (Phi) is 5.06. The molecule has 2 unspecified atom stereocenters. The monoisotopic (exact) mass is 280 g/mol. The van der Waals surface area contributed by atoms with Gasteiger partial charge >= 0.3 is 6.03 Å². The predicted molar refractivity (Wildman–Crippen MR) is 76.3 cm³/mol. The summed E-state index contributed by atoms with van der Waals surface area (Å²) in [6, 6.07) is 3.73. The molecule has 1 aromatic rings. The Bertz CT molecular complexity index is 415. The summed E-state index contributed by atoms with van der Waals surface area (Å²) in [6.07, 6.45) is 3.42. The molecule has 1 aliphatic rings. The van der Waals surface area contributed by atoms with E-state index in [1.54, 1.807) is 18.4 Å². The van der Waals surface area contributed by atoms with Gasteiger partial charge in [-0.3, -0.25) is 0 Å². The maximum atomic E-state index is 12.4. The van der Waals surface area contributed by atoms with E-state index in [-0.39, 0.29) is 12.1 Å². The number of carbonyl (C=O) groups is 1. The minimum Gasteiger partial charge on any atom is -0.467 e. The number of urea groups is 1. The first-order valence-corrected chi connectivity index (χ1v) is 7.44. The molecule has 5 heteroatoms. The van der Waals surface area contributed by atoms with Crippen molar-refractivity contribution in [2.24, 2.45) is 0 Å². The molecule has 0 saturated carbocycles. The van der Waals surface area contributed by atoms with Crippen LogP contribution < -0.4 is 0 Å². The van der Waals surface area contributed by atoms with E-state index in [0.717, 1.165) is 32.5 Å². The molecule has 2 heterocycles. The van der Waals surface area contributed by atoms with E-state index >= 15 is 0 Å². The van der Waals surface area contributed by atoms with Gasteiger partial charge in [0.25, 0.3) is 0 Å². The number of amides is 2. The van der Waals surface area contributed by atoms with Crippen LogP contribution in [0.5, 0.6) is 0 Å². The fourth-order valence-electron chi connectivity index (χ4n) is 2.86. The maximum absolute atomic E-state index is 12.4. The molecular weight excluding hydrogens is 256 g/mol. The minimum absolute atomic E-state index is 0.0872. The first kappa shape index (κ1) is 14.9. The highest BCUT2D eigenvalue weighted by atomic mass is 16.4. The molecule has 1 saturated heterocycles. The minimum atomic E-state index is -0.639. The van der Waals surface area contributed by atoms with Gasteiger partial charge in [-0.15, -0.1) is 0 Å². The Morgan fingerprint density at radius 2 is 2.30 bits per heavy atom. The molecule has 0 radical (unpaired) electrons. The number of furan rings is 1. The lowest BCUT2D eigenvalue weighted by atomic mass is 10.1. The van der Waals surface area contributed by atoms with Gasteiger partial charge in [0.1, 0.15) is 11.9 Å². The third-order valence-electron chi connectivity index (χ3n) is 4.02. The van der Waals surface area contributed by atoms with Gasteiger partial charge in [-0.2, -0.15) is 0 Å². The number of aliphatic hydroxyl groups excluding tert-OH is 1. The van der Waals surface area contributed by atoms with Crippen LogP contribution in [0, 0.1) is 0 Å². The van der Waals surface area contributed by atoms with Crippen LogP contribution in [0.15, 0.2) is 22.8 Å². The van der Waals surface area contributed by atoms with Crippen molar-refractivity contribution in [3.63, 3.8) is 0 Å². The molecule has 0 bridgehead atoms. The second kappa shape index (κ2) is 6.79. The number of aliphatic hydroxyl groups is 1. The molecule has 2 atom stereocenters. The lowest BCUT2D eigenvalue weighted by molar-refractivity contribution is 0.0988. The fraction of sp³-hybridized carbons (Fsp3) is 0.667. The third kappa shape index (κ3) is 3.15. The number of hydrogen-bond acceptors (Lipinski definition) is 3. The van der Waals surface area contributed by atoms with E-state index in [1.807, 2.05) is 23.6 Å². The number of nitrogens with zero attached hydrogens (tertiary/aromatic N) is 2. The standard InChI is InChI=1S/C15H24N2O3/c1-3-16(4-2)15(19)17-9-5-7-12(17)11-13(18)14-8-6-10-20-14/h6,8,10,12-13,18H,3-5,7,9,11H2,1-2H3. The SMILES string of the molecule is CCN(CC)C(=O)N1CCCC1CC(O)c1ccco1. The van der Waals surface area contributed by atoms with Gasteiger partial charge in [-0.05, 0) is 38.8 Å². The highest BCUT2D eigenvalue weighted by molar-refractivity contribution is 5.75. The predicted octanol–water partition coefficient (Wildman–Crippen LogP) is 2.63. The summed E-state index contributed by atoms with van der Waals surface area (Å²) in [5.74, 6) is 0.576. The van der Waals surface area contributed by atoms with E-state index in [2.05, 4.69) is 0 Å². The third-order valence-corrected chi connectivity index (χ3v) is 4.02. The Morgan fingerprint density at radius 1 is 1.55 bits per heavy atom. The number of likely N-dealkylation sites (tertiary alicyclic amines) is 1. The summed E-state index contributed by atoms with van der Waals surface area (Å²) >= 11 is 0. The summed E-state index contributed by atoms with van der Waals surface area (Å²) < 4.78 is 5.23. The summed E-state index contributed by atoms with van der Waals surface area (Å²) in [7, 11) is 0. The van der Waals surface area contributed by atoms with Crippen molar-refractivity contribution in [3.8, 4) is 0 Å². The molecule has 0 spiro atoms. The molecule has 0 aliphatic carbocycles. The summed E-state index contributed by atoms with van der Waals surface area (Å²) in [5.41, 5.74) is 0. The van der Waals surface area contributed by atoms with Crippen molar-refractivity contribution in [1.29, 1.82) is 0 Å². The molecule has 112 valence electrons. The van der Waals surface area contributed by atoms with Crippen molar-refractivity contribution in [1.82, 2.24) is 9.80 Å². The van der Waals surface area contributed by atoms with Gasteiger partial charge in [-0.1, -0.05) is 0 Å². The fourth-order valence-corrected chi connectivity index (χ4v) is 2.86. The second-order valence-electron chi connectivity index (χ2n) is 5.21. The Labute approximate surface area is 120 Å². The number of carbonyl (C=O) groups excluding carboxylic acids is 1. The van der Waals surface area contributed by atoms with Crippen LogP contribution in [0.2, 0.25) is 0 Å². The average Bonchev–Trinajstić information content (AvgIpc) is 3.11. The van der Waals surface area contributed by atoms with Gasteiger partial charge in [0.2, 0.25) is 0 Å². The van der Waals surface area contributed by atoms with Gasteiger partial charge in [0.15, 0.2) is 0 Å². The second-order valence-corrected chi connectivity index (χ2v) is 5.21. The normalized spacial score (nSPS) is 20.1. The van der Waals surface area contributed by atoms with Crippen LogP contribution in [-0.4, -0.2) is 46.6 Å². The van der Waals surface area contributed by atoms with Crippen molar-refractivity contribution in [3.05, 3.63) is 24.2 Å². The largest absolute Gasteiger partial charge is 0.467 e. The molecular formula is C15H24N2O3. The number of rotatable bonds is 5. The molecule has 20 heavy (non-hydrogen) atoms. The van der Waals surface area contributed by atoms with Crippen LogP contribution in [0.3, 0.4) is 0 Å². The topological polar surface area (TPSA) is 56.9 Å². The molecule has 5 nitrogen and oxygen atoms in total. The van der Waals surface area contributed by atoms with E-state index < -0.39 is 6.10 Å². The summed E-state index contributed by atoms with van der Waals surface area (Å²) in [6.45, 7) is 6.21. The lowest BCUT2D eigenvalue weighted by Crippen LogP contribution is -2.45. The van der Waals surface area contributed by atoms with Crippen LogP contribution in [0.4, 0.5) is 4.79 Å². The van der Waals surface area contributed by atoms with Crippen LogP contribution in [0.1, 0.15) is 45.0 Å². The Morgan fingerprint density at radius 3 is 2.90 bits per heavy atom. The molecule has 1 fully saturated rings. The van der Waals surface area contributed by atoms with Gasteiger partial charge in [-0.25, -0.2) is 4.79 Å². The molecule has 0 aromatic carbocycles. The summed E-state index contributed by atoms with van der Waals surface area (Å²) in [4.78, 5) is 16.2. The molecule has 1 N–H and O–H groups in total. The van der Waals surface area contributed by atoms with E-state index in [0.29, 0.717) is 12.2 Å². The highest BCUT2D eigenvalue weighted by Gasteiger charge is 2.32. The molecule has 2 rings (SSSR count). The summed E-state index contributed by atoms with van der Waals surface area (Å²) in [5, 5.41) is 10.2. The van der Waals surface area contributed by atoms with Crippen LogP contribution >= 0.6 is 0 Å². The number of hydrogen-bond donors (Lipinski definition) is 1. The molecule has 1 aliphatic heterocycles. The molecule has 2 amide bonds. The van der Waals surface area contributed by atoms with Gasteiger partial charge in [0.05, 0.1) is 6.26 Å². The lowest BCUT2D eigenvalue weighted by Gasteiger charge is -2.31. The quantitative estimate of drug-likeness (QED) is 0.902. The van der Waals surface area contributed by atoms with E-state index in [4.69, 9.17) is 4.42 Å². The highest BCUT2D eigenvalue weighted by Crippen LogP contribution is 2.28. The zero-order valence-corrected chi connectivity index (χ0v) is 12.3.